The lowest BCUT2D eigenvalue weighted by Gasteiger charge is -2.26. The normalized spacial score (nSPS) is 14.3. The van der Waals surface area contributed by atoms with E-state index in [0.717, 1.165) is 53.2 Å². The maximum absolute atomic E-state index is 13.9. The molecule has 0 atom stereocenters. The third-order valence-corrected chi connectivity index (χ3v) is 7.42. The molecule has 8 nitrogen and oxygen atoms in total. The van der Waals surface area contributed by atoms with Gasteiger partial charge in [0, 0.05) is 62.2 Å². The predicted octanol–water partition coefficient (Wildman–Crippen LogP) is 4.19. The molecule has 0 spiro atoms. The summed E-state index contributed by atoms with van der Waals surface area (Å²) in [7, 11) is 1.65. The predicted molar refractivity (Wildman–Crippen MR) is 154 cm³/mol. The van der Waals surface area contributed by atoms with Crippen LogP contribution >= 0.6 is 0 Å². The van der Waals surface area contributed by atoms with E-state index in [1.807, 2.05) is 66.2 Å². The smallest absolute Gasteiger partial charge is 0.333 e. The Labute approximate surface area is 223 Å². The van der Waals surface area contributed by atoms with Crippen LogP contribution in [0.4, 0.5) is 5.69 Å². The minimum atomic E-state index is -0.0575. The molecule has 3 heterocycles. The number of likely N-dealkylation sites (tertiary alicyclic amines) is 1. The quantitative estimate of drug-likeness (QED) is 0.321. The Morgan fingerprint density at radius 2 is 1.74 bits per heavy atom. The van der Waals surface area contributed by atoms with Gasteiger partial charge in [-0.2, -0.15) is 0 Å². The molecule has 200 valence electrons. The van der Waals surface area contributed by atoms with E-state index >= 15 is 0 Å². The summed E-state index contributed by atoms with van der Waals surface area (Å²) in [6.45, 7) is 7.35. The van der Waals surface area contributed by atoms with Gasteiger partial charge in [-0.15, -0.1) is 0 Å². The second-order valence-electron chi connectivity index (χ2n) is 9.86. The molecule has 1 fully saturated rings. The molecule has 2 aromatic carbocycles. The molecule has 1 N–H and O–H groups in total. The zero-order chi connectivity index (χ0) is 26.5. The molecular weight excluding hydrogens is 478 g/mol. The summed E-state index contributed by atoms with van der Waals surface area (Å²) in [5, 5.41) is 4.24. The van der Waals surface area contributed by atoms with Gasteiger partial charge < -0.3 is 19.5 Å². The van der Waals surface area contributed by atoms with E-state index in [1.54, 1.807) is 22.3 Å². The molecule has 0 aliphatic carbocycles. The van der Waals surface area contributed by atoms with Crippen molar-refractivity contribution in [1.82, 2.24) is 18.6 Å². The lowest BCUT2D eigenvalue weighted by atomic mass is 10.1. The summed E-state index contributed by atoms with van der Waals surface area (Å²) in [6, 6.07) is 17.6. The number of pyridine rings is 1. The zero-order valence-electron chi connectivity index (χ0n) is 22.4. The highest BCUT2D eigenvalue weighted by atomic mass is 16.5. The molecule has 38 heavy (non-hydrogen) atoms. The van der Waals surface area contributed by atoms with Crippen molar-refractivity contribution in [3.05, 3.63) is 81.6 Å². The number of benzene rings is 2. The average Bonchev–Trinajstić information content (AvgIpc) is 3.29. The number of rotatable bonds is 10. The maximum Gasteiger partial charge on any atom is 0.333 e. The highest BCUT2D eigenvalue weighted by Gasteiger charge is 2.18. The van der Waals surface area contributed by atoms with Crippen molar-refractivity contribution in [3.8, 4) is 16.9 Å². The Hall–Kier alpha value is -3.62. The topological polar surface area (TPSA) is 73.4 Å². The van der Waals surface area contributed by atoms with E-state index in [9.17, 15) is 9.59 Å². The number of methoxy groups -OCH3 is 1. The molecule has 8 heteroatoms. The lowest BCUT2D eigenvalue weighted by molar-refractivity contribution is 0.211. The number of imidazole rings is 1. The molecule has 0 amide bonds. The molecule has 0 unspecified atom stereocenters. The number of fused-ring (bicyclic) bond motifs is 1. The molecule has 0 saturated carbocycles. The fraction of sp³-hybridized carbons (Fsp3) is 0.400. The van der Waals surface area contributed by atoms with Crippen LogP contribution in [0.5, 0.6) is 0 Å². The second-order valence-corrected chi connectivity index (χ2v) is 9.86. The number of nitrogens with one attached hydrogen (secondary N) is 1. The summed E-state index contributed by atoms with van der Waals surface area (Å²) < 4.78 is 10.6. The Balaban J connectivity index is 1.61. The summed E-state index contributed by atoms with van der Waals surface area (Å²) in [5.41, 5.74) is 4.07. The van der Waals surface area contributed by atoms with Crippen molar-refractivity contribution >= 4 is 16.6 Å². The fourth-order valence-electron chi connectivity index (χ4n) is 5.42. The van der Waals surface area contributed by atoms with Crippen molar-refractivity contribution in [1.29, 1.82) is 0 Å². The second kappa shape index (κ2) is 11.8. The van der Waals surface area contributed by atoms with Crippen molar-refractivity contribution in [2.24, 2.45) is 0 Å². The fourth-order valence-corrected chi connectivity index (χ4v) is 5.42. The van der Waals surface area contributed by atoms with Crippen LogP contribution in [0.2, 0.25) is 0 Å². The minimum Gasteiger partial charge on any atom is -0.383 e. The van der Waals surface area contributed by atoms with Crippen molar-refractivity contribution < 1.29 is 4.74 Å². The van der Waals surface area contributed by atoms with Gasteiger partial charge in [0.05, 0.1) is 23.5 Å². The van der Waals surface area contributed by atoms with Gasteiger partial charge in [-0.25, -0.2) is 4.79 Å². The number of hydrogen-bond acceptors (Lipinski definition) is 5. The highest BCUT2D eigenvalue weighted by Crippen LogP contribution is 2.27. The maximum atomic E-state index is 13.9. The average molecular weight is 516 g/mol. The van der Waals surface area contributed by atoms with Crippen LogP contribution in [0.1, 0.15) is 26.2 Å². The summed E-state index contributed by atoms with van der Waals surface area (Å²) in [5.74, 6) is 0. The summed E-state index contributed by atoms with van der Waals surface area (Å²) >= 11 is 0. The Bertz CT molecular complexity index is 1500. The SMILES string of the molecule is CCn1c(=O)cc(NCCOC)c2cc(-n3c(-c4ccccc4)cn(CCN4CCCCC4)c3=O)ccc21. The summed E-state index contributed by atoms with van der Waals surface area (Å²) in [6.07, 6.45) is 5.73. The van der Waals surface area contributed by atoms with E-state index in [2.05, 4.69) is 10.2 Å². The standard InChI is InChI=1S/C30H37N5O3/c1-3-34-27-13-12-24(20-25(27)26(21-29(34)36)31-14-19-38-2)35-28(23-10-6-4-7-11-23)22-33(30(35)37)18-17-32-15-8-5-9-16-32/h4,6-7,10-13,20-22,31H,3,5,8-9,14-19H2,1-2H3. The van der Waals surface area contributed by atoms with Crippen LogP contribution in [0, 0.1) is 0 Å². The Morgan fingerprint density at radius 1 is 0.947 bits per heavy atom. The van der Waals surface area contributed by atoms with Crippen LogP contribution in [0.3, 0.4) is 0 Å². The largest absolute Gasteiger partial charge is 0.383 e. The highest BCUT2D eigenvalue weighted by molar-refractivity contribution is 5.93. The molecule has 2 aromatic heterocycles. The van der Waals surface area contributed by atoms with Crippen LogP contribution in [-0.4, -0.2) is 58.5 Å². The first-order valence-corrected chi connectivity index (χ1v) is 13.6. The number of anilines is 1. The Kier molecular flexibility index (Phi) is 8.10. The zero-order valence-corrected chi connectivity index (χ0v) is 22.4. The molecular formula is C30H37N5O3. The molecule has 1 aliphatic rings. The van der Waals surface area contributed by atoms with E-state index in [-0.39, 0.29) is 11.2 Å². The van der Waals surface area contributed by atoms with Crippen LogP contribution in [0.15, 0.2) is 70.4 Å². The van der Waals surface area contributed by atoms with Gasteiger partial charge in [-0.1, -0.05) is 36.8 Å². The number of nitrogens with zero attached hydrogens (tertiary/aromatic N) is 4. The van der Waals surface area contributed by atoms with Crippen LogP contribution in [-0.2, 0) is 17.8 Å². The lowest BCUT2D eigenvalue weighted by Crippen LogP contribution is -2.34. The molecule has 5 rings (SSSR count). The number of hydrogen-bond donors (Lipinski definition) is 1. The van der Waals surface area contributed by atoms with E-state index in [0.29, 0.717) is 26.2 Å². The monoisotopic (exact) mass is 515 g/mol. The Morgan fingerprint density at radius 3 is 2.47 bits per heavy atom. The van der Waals surface area contributed by atoms with Gasteiger partial charge in [0.1, 0.15) is 0 Å². The van der Waals surface area contributed by atoms with Crippen molar-refractivity contribution in [2.45, 2.75) is 39.3 Å². The third kappa shape index (κ3) is 5.33. The molecule has 0 bridgehead atoms. The minimum absolute atomic E-state index is 0.0568. The number of piperidine rings is 1. The molecule has 4 aromatic rings. The third-order valence-electron chi connectivity index (χ3n) is 7.42. The number of aromatic nitrogens is 3. The first-order chi connectivity index (χ1) is 18.6. The molecule has 1 saturated heterocycles. The van der Waals surface area contributed by atoms with Gasteiger partial charge in [0.15, 0.2) is 0 Å². The first kappa shape index (κ1) is 26.0. The van der Waals surface area contributed by atoms with Gasteiger partial charge >= 0.3 is 5.69 Å². The van der Waals surface area contributed by atoms with Crippen molar-refractivity contribution in [2.75, 3.05) is 45.2 Å². The van der Waals surface area contributed by atoms with Gasteiger partial charge in [-0.3, -0.25) is 13.9 Å². The van der Waals surface area contributed by atoms with Crippen LogP contribution < -0.4 is 16.6 Å². The molecule has 1 aliphatic heterocycles. The van der Waals surface area contributed by atoms with Gasteiger partial charge in [-0.05, 0) is 51.1 Å². The van der Waals surface area contributed by atoms with E-state index in [1.165, 1.54) is 19.3 Å². The van der Waals surface area contributed by atoms with Gasteiger partial charge in [0.2, 0.25) is 0 Å². The first-order valence-electron chi connectivity index (χ1n) is 13.6. The molecule has 0 radical (unpaired) electrons. The van der Waals surface area contributed by atoms with Gasteiger partial charge in [0.25, 0.3) is 5.56 Å². The van der Waals surface area contributed by atoms with E-state index in [4.69, 9.17) is 4.74 Å². The number of ether oxygens (including phenoxy) is 1. The number of aryl methyl sites for hydroxylation is 1. The van der Waals surface area contributed by atoms with Crippen LogP contribution in [0.25, 0.3) is 27.8 Å². The van der Waals surface area contributed by atoms with E-state index < -0.39 is 0 Å². The van der Waals surface area contributed by atoms with Crippen molar-refractivity contribution in [3.63, 3.8) is 0 Å². The summed E-state index contributed by atoms with van der Waals surface area (Å²) in [4.78, 5) is 29.1.